The number of nitrogens with one attached hydrogen (secondary N) is 2. The topological polar surface area (TPSA) is 61.4 Å². The fourth-order valence-corrected chi connectivity index (χ4v) is 3.61. The van der Waals surface area contributed by atoms with Crippen molar-refractivity contribution in [2.75, 3.05) is 23.3 Å². The van der Waals surface area contributed by atoms with E-state index in [2.05, 4.69) is 15.5 Å². The summed E-state index contributed by atoms with van der Waals surface area (Å²) in [6, 6.07) is 11.9. The molecule has 1 aliphatic carbocycles. The van der Waals surface area contributed by atoms with Crippen LogP contribution in [-0.4, -0.2) is 30.9 Å². The first-order chi connectivity index (χ1) is 14.6. The van der Waals surface area contributed by atoms with E-state index in [9.17, 15) is 14.0 Å². The zero-order valence-electron chi connectivity index (χ0n) is 16.9. The van der Waals surface area contributed by atoms with E-state index in [0.29, 0.717) is 17.3 Å². The van der Waals surface area contributed by atoms with E-state index in [0.717, 1.165) is 50.0 Å². The molecule has 6 heteroatoms. The van der Waals surface area contributed by atoms with E-state index in [1.807, 2.05) is 0 Å². The van der Waals surface area contributed by atoms with Crippen LogP contribution in [0.1, 0.15) is 48.0 Å². The number of amides is 2. The predicted octanol–water partition coefficient (Wildman–Crippen LogP) is 4.36. The van der Waals surface area contributed by atoms with Gasteiger partial charge in [0.1, 0.15) is 5.82 Å². The minimum atomic E-state index is -0.380. The van der Waals surface area contributed by atoms with Crippen molar-refractivity contribution < 1.29 is 14.0 Å². The lowest BCUT2D eigenvalue weighted by molar-refractivity contribution is -0.111. The van der Waals surface area contributed by atoms with Gasteiger partial charge in [0.05, 0.1) is 11.4 Å². The minimum absolute atomic E-state index is 0.0675. The van der Waals surface area contributed by atoms with Crippen LogP contribution in [0.25, 0.3) is 6.08 Å². The molecule has 30 heavy (non-hydrogen) atoms. The fourth-order valence-electron chi connectivity index (χ4n) is 3.61. The molecule has 4 rings (SSSR count). The molecule has 1 saturated heterocycles. The molecule has 0 aromatic heterocycles. The number of nitrogens with zero attached hydrogens (tertiary/aromatic N) is 1. The maximum Gasteiger partial charge on any atom is 0.251 e. The number of hydrogen-bond donors (Lipinski definition) is 2. The van der Waals surface area contributed by atoms with Gasteiger partial charge in [0, 0.05) is 30.8 Å². The highest BCUT2D eigenvalue weighted by Crippen LogP contribution is 2.29. The van der Waals surface area contributed by atoms with Crippen molar-refractivity contribution in [3.63, 3.8) is 0 Å². The Kier molecular flexibility index (Phi) is 6.12. The lowest BCUT2D eigenvalue weighted by atomic mass is 10.1. The molecule has 156 valence electrons. The van der Waals surface area contributed by atoms with Crippen LogP contribution in [-0.2, 0) is 4.79 Å². The molecular formula is C24H26FN3O2. The normalized spacial score (nSPS) is 16.5. The second-order valence-electron chi connectivity index (χ2n) is 7.90. The van der Waals surface area contributed by atoms with Crippen LogP contribution in [0.4, 0.5) is 15.8 Å². The molecule has 2 aliphatic rings. The van der Waals surface area contributed by atoms with Crippen LogP contribution in [0.3, 0.4) is 0 Å². The Bertz CT molecular complexity index is 945. The van der Waals surface area contributed by atoms with Crippen molar-refractivity contribution in [1.82, 2.24) is 5.32 Å². The standard InChI is InChI=1S/C24H26FN3O2/c25-19-9-12-22(28-14-2-1-3-15-28)21(16-19)27-23(29)13-6-17-4-7-18(8-5-17)24(30)26-20-10-11-20/h4-9,12-13,16,20H,1-3,10-11,14-15H2,(H,26,30)(H,27,29)/b13-6+. The van der Waals surface area contributed by atoms with E-state index < -0.39 is 0 Å². The molecule has 0 radical (unpaired) electrons. The average Bonchev–Trinajstić information content (AvgIpc) is 3.57. The molecule has 0 bridgehead atoms. The molecule has 2 amide bonds. The average molecular weight is 407 g/mol. The molecule has 2 fully saturated rings. The van der Waals surface area contributed by atoms with E-state index >= 15 is 0 Å². The first-order valence-electron chi connectivity index (χ1n) is 10.5. The van der Waals surface area contributed by atoms with E-state index in [1.165, 1.54) is 24.6 Å². The molecule has 2 N–H and O–H groups in total. The lowest BCUT2D eigenvalue weighted by Gasteiger charge is -2.30. The summed E-state index contributed by atoms with van der Waals surface area (Å²) in [6.45, 7) is 1.82. The van der Waals surface area contributed by atoms with Gasteiger partial charge in [-0.25, -0.2) is 4.39 Å². The largest absolute Gasteiger partial charge is 0.370 e. The molecule has 1 aliphatic heterocycles. The molecule has 0 atom stereocenters. The van der Waals surface area contributed by atoms with Crippen LogP contribution in [0.2, 0.25) is 0 Å². The van der Waals surface area contributed by atoms with Crippen LogP contribution >= 0.6 is 0 Å². The zero-order chi connectivity index (χ0) is 20.9. The van der Waals surface area contributed by atoms with Gasteiger partial charge in [0.15, 0.2) is 0 Å². The number of hydrogen-bond acceptors (Lipinski definition) is 3. The zero-order valence-corrected chi connectivity index (χ0v) is 16.9. The lowest BCUT2D eigenvalue weighted by Crippen LogP contribution is -2.30. The first kappa shape index (κ1) is 20.1. The Hall–Kier alpha value is -3.15. The maximum atomic E-state index is 13.8. The Balaban J connectivity index is 1.40. The van der Waals surface area contributed by atoms with E-state index in [4.69, 9.17) is 0 Å². The van der Waals surface area contributed by atoms with Crippen molar-refractivity contribution in [2.45, 2.75) is 38.1 Å². The molecule has 5 nitrogen and oxygen atoms in total. The number of rotatable bonds is 6. The second-order valence-corrected chi connectivity index (χ2v) is 7.90. The number of benzene rings is 2. The number of carbonyl (C=O) groups excluding carboxylic acids is 2. The van der Waals surface area contributed by atoms with Crippen LogP contribution in [0.5, 0.6) is 0 Å². The Morgan fingerprint density at radius 1 is 1.00 bits per heavy atom. The van der Waals surface area contributed by atoms with Gasteiger partial charge in [-0.05, 0) is 74.1 Å². The van der Waals surface area contributed by atoms with Gasteiger partial charge in [0.2, 0.25) is 5.91 Å². The van der Waals surface area contributed by atoms with Gasteiger partial charge in [-0.3, -0.25) is 9.59 Å². The van der Waals surface area contributed by atoms with Crippen molar-refractivity contribution in [1.29, 1.82) is 0 Å². The third kappa shape index (κ3) is 5.26. The monoisotopic (exact) mass is 407 g/mol. The summed E-state index contributed by atoms with van der Waals surface area (Å²) in [5, 5.41) is 5.75. The first-order valence-corrected chi connectivity index (χ1v) is 10.5. The molecule has 0 spiro atoms. The maximum absolute atomic E-state index is 13.8. The molecule has 2 aromatic carbocycles. The van der Waals surface area contributed by atoms with Gasteiger partial charge in [0.25, 0.3) is 5.91 Å². The van der Waals surface area contributed by atoms with Crippen molar-refractivity contribution >= 4 is 29.3 Å². The molecule has 1 heterocycles. The predicted molar refractivity (Wildman–Crippen MR) is 117 cm³/mol. The number of halogens is 1. The summed E-state index contributed by atoms with van der Waals surface area (Å²) in [7, 11) is 0. The smallest absolute Gasteiger partial charge is 0.251 e. The van der Waals surface area contributed by atoms with Crippen LogP contribution < -0.4 is 15.5 Å². The SMILES string of the molecule is O=C(/C=C/c1ccc(C(=O)NC2CC2)cc1)Nc1cc(F)ccc1N1CCCCC1. The van der Waals surface area contributed by atoms with Gasteiger partial charge in [-0.1, -0.05) is 12.1 Å². The minimum Gasteiger partial charge on any atom is -0.370 e. The summed E-state index contributed by atoms with van der Waals surface area (Å²) < 4.78 is 13.8. The number of carbonyl (C=O) groups is 2. The Morgan fingerprint density at radius 2 is 1.73 bits per heavy atom. The van der Waals surface area contributed by atoms with Crippen LogP contribution in [0.15, 0.2) is 48.5 Å². The third-order valence-electron chi connectivity index (χ3n) is 5.43. The molecular weight excluding hydrogens is 381 g/mol. The van der Waals surface area contributed by atoms with Gasteiger partial charge in [-0.2, -0.15) is 0 Å². The highest BCUT2D eigenvalue weighted by atomic mass is 19.1. The van der Waals surface area contributed by atoms with E-state index in [1.54, 1.807) is 36.4 Å². The summed E-state index contributed by atoms with van der Waals surface area (Å²) in [5.74, 6) is -0.772. The van der Waals surface area contributed by atoms with Crippen molar-refractivity contribution in [3.05, 3.63) is 65.5 Å². The highest BCUT2D eigenvalue weighted by molar-refractivity contribution is 6.04. The summed E-state index contributed by atoms with van der Waals surface area (Å²) in [4.78, 5) is 26.7. The number of piperidine rings is 1. The van der Waals surface area contributed by atoms with Gasteiger partial charge < -0.3 is 15.5 Å². The Labute approximate surface area is 176 Å². The highest BCUT2D eigenvalue weighted by Gasteiger charge is 2.23. The third-order valence-corrected chi connectivity index (χ3v) is 5.43. The summed E-state index contributed by atoms with van der Waals surface area (Å²) in [5.41, 5.74) is 2.75. The van der Waals surface area contributed by atoms with Crippen molar-refractivity contribution in [3.8, 4) is 0 Å². The molecule has 0 unspecified atom stereocenters. The summed E-state index contributed by atoms with van der Waals surface area (Å²) >= 11 is 0. The molecule has 2 aromatic rings. The van der Waals surface area contributed by atoms with E-state index in [-0.39, 0.29) is 17.6 Å². The number of anilines is 2. The van der Waals surface area contributed by atoms with Gasteiger partial charge >= 0.3 is 0 Å². The quantitative estimate of drug-likeness (QED) is 0.700. The fraction of sp³-hybridized carbons (Fsp3) is 0.333. The second kappa shape index (κ2) is 9.11. The van der Waals surface area contributed by atoms with Crippen LogP contribution in [0, 0.1) is 5.82 Å². The Morgan fingerprint density at radius 3 is 2.43 bits per heavy atom. The van der Waals surface area contributed by atoms with Gasteiger partial charge in [-0.15, -0.1) is 0 Å². The van der Waals surface area contributed by atoms with Crippen molar-refractivity contribution in [2.24, 2.45) is 0 Å². The summed E-state index contributed by atoms with van der Waals surface area (Å²) in [6.07, 6.45) is 8.59. The molecule has 1 saturated carbocycles.